The van der Waals surface area contributed by atoms with E-state index in [1.54, 1.807) is 0 Å². The van der Waals surface area contributed by atoms with Crippen LogP contribution >= 0.6 is 0 Å². The number of hydrogen-bond acceptors (Lipinski definition) is 6. The molecule has 6 nitrogen and oxygen atoms in total. The van der Waals surface area contributed by atoms with Crippen LogP contribution in [0.1, 0.15) is 89.9 Å². The van der Waals surface area contributed by atoms with Gasteiger partial charge in [-0.3, -0.25) is 4.89 Å². The van der Waals surface area contributed by atoms with E-state index in [-0.39, 0.29) is 29.6 Å². The topological polar surface area (TPSA) is 107 Å². The van der Waals surface area contributed by atoms with Gasteiger partial charge in [-0.05, 0) is 12.8 Å². The van der Waals surface area contributed by atoms with Gasteiger partial charge in [0.05, 0.1) is 6.10 Å². The van der Waals surface area contributed by atoms with Crippen LogP contribution in [0, 0.1) is 0 Å². The van der Waals surface area contributed by atoms with E-state index < -0.39 is 18.2 Å². The number of carbonyl (C=O) groups excluding carboxylic acids is 1. The van der Waals surface area contributed by atoms with Crippen LogP contribution in [0.25, 0.3) is 0 Å². The van der Waals surface area contributed by atoms with Gasteiger partial charge in [0.2, 0.25) is 0 Å². The molecule has 0 heterocycles. The normalized spacial score (nSPS) is 13.1. The Morgan fingerprint density at radius 1 is 0.720 bits per heavy atom. The molecule has 0 spiro atoms. The van der Waals surface area contributed by atoms with Crippen molar-refractivity contribution in [3.8, 4) is 0 Å². The summed E-state index contributed by atoms with van der Waals surface area (Å²) < 4.78 is 0. The summed E-state index contributed by atoms with van der Waals surface area (Å²) >= 11 is 0. The number of aliphatic hydroxyl groups is 3. The van der Waals surface area contributed by atoms with Crippen LogP contribution in [0.5, 0.6) is 0 Å². The quantitative estimate of drug-likeness (QED) is 0.135. The second-order valence-corrected chi connectivity index (χ2v) is 6.53. The number of rotatable bonds is 17. The molecule has 0 saturated heterocycles. The van der Waals surface area contributed by atoms with Crippen LogP contribution in [0.4, 0.5) is 0 Å². The molecule has 7 heteroatoms. The summed E-state index contributed by atoms with van der Waals surface area (Å²) in [7, 11) is 0. The standard InChI is InChI=1S/C18H36O6.Na.H/c19-15-13-11-9-7-5-3-1-2-4-6-8-10-12-14-16(20)17(21)18(22)24-23;;/h16-17,19-21,23H,1-15H2;;. The van der Waals surface area contributed by atoms with Gasteiger partial charge in [0.15, 0.2) is 6.10 Å². The molecule has 0 amide bonds. The fraction of sp³-hybridized carbons (Fsp3) is 0.944. The number of hydrogen-bond donors (Lipinski definition) is 4. The van der Waals surface area contributed by atoms with Gasteiger partial charge in [0.1, 0.15) is 0 Å². The molecule has 2 unspecified atom stereocenters. The molecule has 4 N–H and O–H groups in total. The van der Waals surface area contributed by atoms with Gasteiger partial charge >= 0.3 is 35.5 Å². The van der Waals surface area contributed by atoms with E-state index >= 15 is 0 Å². The first-order valence-corrected chi connectivity index (χ1v) is 9.45. The first-order valence-electron chi connectivity index (χ1n) is 9.45. The fourth-order valence-electron chi connectivity index (χ4n) is 2.78. The van der Waals surface area contributed by atoms with E-state index in [0.717, 1.165) is 32.1 Å². The summed E-state index contributed by atoms with van der Waals surface area (Å²) in [5, 5.41) is 35.6. The number of carbonyl (C=O) groups is 1. The van der Waals surface area contributed by atoms with Gasteiger partial charge in [-0.2, -0.15) is 5.26 Å². The van der Waals surface area contributed by atoms with Crippen molar-refractivity contribution in [1.82, 2.24) is 0 Å². The molecule has 0 bridgehead atoms. The Balaban J connectivity index is 0. The second-order valence-electron chi connectivity index (χ2n) is 6.53. The number of aliphatic hydroxyl groups excluding tert-OH is 3. The molecule has 0 saturated carbocycles. The monoisotopic (exact) mass is 372 g/mol. The van der Waals surface area contributed by atoms with Crippen LogP contribution < -0.4 is 0 Å². The van der Waals surface area contributed by atoms with E-state index in [2.05, 4.69) is 4.89 Å². The van der Waals surface area contributed by atoms with Gasteiger partial charge in [-0.15, -0.1) is 0 Å². The van der Waals surface area contributed by atoms with Crippen molar-refractivity contribution in [2.45, 2.75) is 102 Å². The van der Waals surface area contributed by atoms with Crippen LogP contribution in [-0.4, -0.2) is 74.9 Å². The van der Waals surface area contributed by atoms with E-state index in [4.69, 9.17) is 10.4 Å². The molecule has 0 aliphatic heterocycles. The van der Waals surface area contributed by atoms with Gasteiger partial charge in [-0.25, -0.2) is 4.79 Å². The Labute approximate surface area is 174 Å². The first-order chi connectivity index (χ1) is 11.6. The summed E-state index contributed by atoms with van der Waals surface area (Å²) in [6.07, 6.45) is 12.4. The minimum absolute atomic E-state index is 0. The Bertz CT molecular complexity index is 291. The van der Waals surface area contributed by atoms with Crippen molar-refractivity contribution in [2.24, 2.45) is 0 Å². The van der Waals surface area contributed by atoms with Crippen LogP contribution in [0.2, 0.25) is 0 Å². The van der Waals surface area contributed by atoms with E-state index in [1.165, 1.54) is 51.4 Å². The molecule has 0 aromatic rings. The van der Waals surface area contributed by atoms with E-state index in [9.17, 15) is 15.0 Å². The molecule has 146 valence electrons. The van der Waals surface area contributed by atoms with E-state index in [0.29, 0.717) is 13.0 Å². The van der Waals surface area contributed by atoms with Gasteiger partial charge < -0.3 is 15.3 Å². The molecular formula is C18H37NaO6. The number of unbranched alkanes of at least 4 members (excludes halogenated alkanes) is 12. The maximum absolute atomic E-state index is 10.8. The Hall–Kier alpha value is 0.310. The molecular weight excluding hydrogens is 335 g/mol. The molecule has 2 atom stereocenters. The molecule has 25 heavy (non-hydrogen) atoms. The molecule has 0 aromatic heterocycles. The van der Waals surface area contributed by atoms with Crippen molar-refractivity contribution in [1.29, 1.82) is 0 Å². The fourth-order valence-corrected chi connectivity index (χ4v) is 2.78. The van der Waals surface area contributed by atoms with Crippen LogP contribution in [-0.2, 0) is 9.68 Å². The summed E-state index contributed by atoms with van der Waals surface area (Å²) in [4.78, 5) is 14.2. The Morgan fingerprint density at radius 3 is 1.44 bits per heavy atom. The third kappa shape index (κ3) is 17.5. The third-order valence-electron chi connectivity index (χ3n) is 4.35. The molecule has 0 rings (SSSR count). The molecule has 0 radical (unpaired) electrons. The van der Waals surface area contributed by atoms with Crippen molar-refractivity contribution >= 4 is 35.5 Å². The first kappa shape index (κ1) is 27.5. The summed E-state index contributed by atoms with van der Waals surface area (Å²) in [6.45, 7) is 0.314. The molecule has 0 aromatic carbocycles. The van der Waals surface area contributed by atoms with Gasteiger partial charge in [0.25, 0.3) is 0 Å². The zero-order valence-electron chi connectivity index (χ0n) is 14.9. The van der Waals surface area contributed by atoms with Crippen molar-refractivity contribution in [2.75, 3.05) is 6.61 Å². The van der Waals surface area contributed by atoms with Crippen molar-refractivity contribution in [3.05, 3.63) is 0 Å². The third-order valence-corrected chi connectivity index (χ3v) is 4.35. The van der Waals surface area contributed by atoms with Crippen molar-refractivity contribution in [3.63, 3.8) is 0 Å². The van der Waals surface area contributed by atoms with Crippen molar-refractivity contribution < 1.29 is 30.3 Å². The Morgan fingerprint density at radius 2 is 1.08 bits per heavy atom. The van der Waals surface area contributed by atoms with Crippen LogP contribution in [0.15, 0.2) is 0 Å². The average molecular weight is 372 g/mol. The van der Waals surface area contributed by atoms with E-state index in [1.807, 2.05) is 0 Å². The minimum atomic E-state index is -1.67. The zero-order valence-corrected chi connectivity index (χ0v) is 14.9. The Kier molecular flexibility index (Phi) is 22.7. The van der Waals surface area contributed by atoms with Crippen LogP contribution in [0.3, 0.4) is 0 Å². The molecule has 0 aliphatic rings. The predicted octanol–water partition coefficient (Wildman–Crippen LogP) is 2.53. The summed E-state index contributed by atoms with van der Waals surface area (Å²) in [5.74, 6) is -1.21. The summed E-state index contributed by atoms with van der Waals surface area (Å²) in [6, 6.07) is 0. The van der Waals surface area contributed by atoms with Gasteiger partial charge in [0, 0.05) is 6.61 Å². The molecule has 0 aliphatic carbocycles. The zero-order chi connectivity index (χ0) is 18.0. The molecule has 0 fully saturated rings. The summed E-state index contributed by atoms with van der Waals surface area (Å²) in [5.41, 5.74) is 0. The second kappa shape index (κ2) is 20.6. The SMILES string of the molecule is O=C(OO)C(O)C(O)CCCCCCCCCCCCCCCO.[NaH]. The average Bonchev–Trinajstić information content (AvgIpc) is 2.60. The van der Waals surface area contributed by atoms with Gasteiger partial charge in [-0.1, -0.05) is 77.0 Å². The predicted molar refractivity (Wildman–Crippen MR) is 99.6 cm³/mol. The maximum atomic E-state index is 10.8.